The third-order valence-corrected chi connectivity index (χ3v) is 5.49. The first kappa shape index (κ1) is 21.3. The lowest BCUT2D eigenvalue weighted by molar-refractivity contribution is -0.138. The summed E-state index contributed by atoms with van der Waals surface area (Å²) in [6, 6.07) is 15.3. The minimum atomic E-state index is -0.997. The SMILES string of the molecule is COc1ccc(-c2nc(CNC(=O)CCC(=O)O)sc2-c2ccc(OC)cc2)cc1. The number of nitrogens with zero attached hydrogens (tertiary/aromatic N) is 1. The average Bonchev–Trinajstić information content (AvgIpc) is 3.20. The van der Waals surface area contributed by atoms with Gasteiger partial charge in [0.25, 0.3) is 0 Å². The number of aliphatic carboxylic acids is 1. The van der Waals surface area contributed by atoms with Gasteiger partial charge in [-0.2, -0.15) is 0 Å². The lowest BCUT2D eigenvalue weighted by Crippen LogP contribution is -2.23. The number of carbonyl (C=O) groups excluding carboxylic acids is 1. The molecule has 7 nitrogen and oxygen atoms in total. The number of methoxy groups -OCH3 is 2. The zero-order valence-corrected chi connectivity index (χ0v) is 17.5. The summed E-state index contributed by atoms with van der Waals surface area (Å²) in [6.07, 6.45) is -0.255. The summed E-state index contributed by atoms with van der Waals surface area (Å²) in [5.74, 6) is 0.207. The van der Waals surface area contributed by atoms with E-state index in [4.69, 9.17) is 19.6 Å². The molecule has 0 atom stereocenters. The first-order valence-electron chi connectivity index (χ1n) is 9.27. The lowest BCUT2D eigenvalue weighted by Gasteiger charge is -2.05. The second kappa shape index (κ2) is 9.89. The fourth-order valence-electron chi connectivity index (χ4n) is 2.81. The van der Waals surface area contributed by atoms with E-state index in [-0.39, 0.29) is 25.3 Å². The van der Waals surface area contributed by atoms with Crippen LogP contribution in [0.5, 0.6) is 11.5 Å². The molecule has 0 unspecified atom stereocenters. The predicted molar refractivity (Wildman–Crippen MR) is 115 cm³/mol. The van der Waals surface area contributed by atoms with Gasteiger partial charge in [0.05, 0.1) is 37.8 Å². The maximum Gasteiger partial charge on any atom is 0.303 e. The molecule has 2 N–H and O–H groups in total. The number of hydrogen-bond acceptors (Lipinski definition) is 6. The Morgan fingerprint density at radius 3 is 2.03 bits per heavy atom. The van der Waals surface area contributed by atoms with E-state index in [9.17, 15) is 9.59 Å². The Morgan fingerprint density at radius 2 is 1.50 bits per heavy atom. The van der Waals surface area contributed by atoms with Gasteiger partial charge in [-0.15, -0.1) is 11.3 Å². The van der Waals surface area contributed by atoms with Gasteiger partial charge in [-0.3, -0.25) is 9.59 Å². The number of aromatic nitrogens is 1. The second-order valence-corrected chi connectivity index (χ2v) is 7.50. The van der Waals surface area contributed by atoms with E-state index < -0.39 is 5.97 Å². The standard InChI is InChI=1S/C22H22N2O5S/c1-28-16-7-3-14(4-8-16)21-22(15-5-9-17(29-2)10-6-15)30-19(24-21)13-23-18(25)11-12-20(26)27/h3-10H,11-13H2,1-2H3,(H,23,25)(H,26,27). The van der Waals surface area contributed by atoms with Crippen molar-refractivity contribution >= 4 is 23.2 Å². The van der Waals surface area contributed by atoms with Gasteiger partial charge in [-0.1, -0.05) is 0 Å². The van der Waals surface area contributed by atoms with Gasteiger partial charge in [-0.25, -0.2) is 4.98 Å². The minimum Gasteiger partial charge on any atom is -0.497 e. The van der Waals surface area contributed by atoms with Crippen LogP contribution >= 0.6 is 11.3 Å². The van der Waals surface area contributed by atoms with E-state index in [0.717, 1.165) is 38.2 Å². The van der Waals surface area contributed by atoms with Gasteiger partial charge >= 0.3 is 5.97 Å². The number of thiazole rings is 1. The summed E-state index contributed by atoms with van der Waals surface area (Å²) in [5, 5.41) is 12.2. The fourth-order valence-corrected chi connectivity index (χ4v) is 3.84. The normalized spacial score (nSPS) is 10.5. The molecule has 156 valence electrons. The summed E-state index contributed by atoms with van der Waals surface area (Å²) in [5.41, 5.74) is 2.73. The van der Waals surface area contributed by atoms with E-state index in [1.165, 1.54) is 11.3 Å². The monoisotopic (exact) mass is 426 g/mol. The van der Waals surface area contributed by atoms with E-state index in [0.29, 0.717) is 0 Å². The van der Waals surface area contributed by atoms with Crippen molar-refractivity contribution in [2.45, 2.75) is 19.4 Å². The van der Waals surface area contributed by atoms with Gasteiger partial charge in [-0.05, 0) is 54.1 Å². The quantitative estimate of drug-likeness (QED) is 0.537. The van der Waals surface area contributed by atoms with Crippen LogP contribution in [0.15, 0.2) is 48.5 Å². The van der Waals surface area contributed by atoms with Crippen molar-refractivity contribution in [1.29, 1.82) is 0 Å². The van der Waals surface area contributed by atoms with Crippen LogP contribution in [-0.4, -0.2) is 36.2 Å². The topological polar surface area (TPSA) is 97.8 Å². The Balaban J connectivity index is 1.88. The Hall–Kier alpha value is -3.39. The molecule has 0 aliphatic heterocycles. The van der Waals surface area contributed by atoms with Crippen molar-refractivity contribution in [1.82, 2.24) is 10.3 Å². The van der Waals surface area contributed by atoms with Crippen molar-refractivity contribution in [3.8, 4) is 33.2 Å². The molecule has 0 radical (unpaired) electrons. The van der Waals surface area contributed by atoms with Gasteiger partial charge in [0.1, 0.15) is 16.5 Å². The van der Waals surface area contributed by atoms with Crippen LogP contribution in [0.3, 0.4) is 0 Å². The highest BCUT2D eigenvalue weighted by Crippen LogP contribution is 2.38. The molecule has 2 aromatic carbocycles. The predicted octanol–water partition coefficient (Wildman–Crippen LogP) is 3.98. The Morgan fingerprint density at radius 1 is 0.933 bits per heavy atom. The van der Waals surface area contributed by atoms with E-state index in [2.05, 4.69) is 5.32 Å². The number of carbonyl (C=O) groups is 2. The molecule has 8 heteroatoms. The number of hydrogen-bond donors (Lipinski definition) is 2. The molecule has 0 spiro atoms. The van der Waals surface area contributed by atoms with Crippen molar-refractivity contribution in [3.05, 3.63) is 53.5 Å². The van der Waals surface area contributed by atoms with E-state index in [1.807, 2.05) is 48.5 Å². The number of rotatable bonds is 9. The zero-order valence-electron chi connectivity index (χ0n) is 16.7. The van der Waals surface area contributed by atoms with Gasteiger partial charge < -0.3 is 19.9 Å². The molecule has 0 aliphatic rings. The molecule has 1 amide bonds. The zero-order chi connectivity index (χ0) is 21.5. The van der Waals surface area contributed by atoms with Crippen molar-refractivity contribution in [2.24, 2.45) is 0 Å². The molecule has 1 aromatic heterocycles. The highest BCUT2D eigenvalue weighted by Gasteiger charge is 2.16. The number of ether oxygens (including phenoxy) is 2. The smallest absolute Gasteiger partial charge is 0.303 e. The van der Waals surface area contributed by atoms with Crippen LogP contribution in [0.1, 0.15) is 17.8 Å². The van der Waals surface area contributed by atoms with E-state index >= 15 is 0 Å². The van der Waals surface area contributed by atoms with Crippen LogP contribution in [0.2, 0.25) is 0 Å². The third-order valence-electron chi connectivity index (χ3n) is 4.39. The third kappa shape index (κ3) is 5.36. The molecule has 0 saturated heterocycles. The Labute approximate surface area is 178 Å². The molecular weight excluding hydrogens is 404 g/mol. The molecule has 0 saturated carbocycles. The molecular formula is C22H22N2O5S. The lowest BCUT2D eigenvalue weighted by atomic mass is 10.1. The molecule has 0 fully saturated rings. The van der Waals surface area contributed by atoms with Gasteiger partial charge in [0.2, 0.25) is 5.91 Å². The average molecular weight is 426 g/mol. The van der Waals surface area contributed by atoms with Crippen LogP contribution < -0.4 is 14.8 Å². The summed E-state index contributed by atoms with van der Waals surface area (Å²) < 4.78 is 10.5. The maximum atomic E-state index is 11.9. The first-order valence-corrected chi connectivity index (χ1v) is 10.1. The molecule has 1 heterocycles. The summed E-state index contributed by atoms with van der Waals surface area (Å²) >= 11 is 1.48. The van der Waals surface area contributed by atoms with Crippen molar-refractivity contribution in [3.63, 3.8) is 0 Å². The summed E-state index contributed by atoms with van der Waals surface area (Å²) in [4.78, 5) is 28.2. The highest BCUT2D eigenvalue weighted by molar-refractivity contribution is 7.15. The van der Waals surface area contributed by atoms with Crippen molar-refractivity contribution < 1.29 is 24.2 Å². The van der Waals surface area contributed by atoms with Crippen LogP contribution in [0, 0.1) is 0 Å². The number of nitrogens with one attached hydrogen (secondary N) is 1. The first-order chi connectivity index (χ1) is 14.5. The molecule has 0 bridgehead atoms. The number of amides is 1. The van der Waals surface area contributed by atoms with Crippen LogP contribution in [-0.2, 0) is 16.1 Å². The highest BCUT2D eigenvalue weighted by atomic mass is 32.1. The van der Waals surface area contributed by atoms with E-state index in [1.54, 1.807) is 14.2 Å². The minimum absolute atomic E-state index is 0.0582. The number of benzene rings is 2. The fraction of sp³-hybridized carbons (Fsp3) is 0.227. The Bertz CT molecular complexity index is 948. The van der Waals surface area contributed by atoms with Crippen LogP contribution in [0.4, 0.5) is 0 Å². The largest absolute Gasteiger partial charge is 0.497 e. The Kier molecular flexibility index (Phi) is 7.03. The second-order valence-electron chi connectivity index (χ2n) is 6.41. The van der Waals surface area contributed by atoms with Gasteiger partial charge in [0, 0.05) is 12.0 Å². The number of carboxylic acids is 1. The summed E-state index contributed by atoms with van der Waals surface area (Å²) in [6.45, 7) is 0.239. The summed E-state index contributed by atoms with van der Waals surface area (Å²) in [7, 11) is 3.24. The van der Waals surface area contributed by atoms with Crippen molar-refractivity contribution in [2.75, 3.05) is 14.2 Å². The molecule has 30 heavy (non-hydrogen) atoms. The van der Waals surface area contributed by atoms with Crippen LogP contribution in [0.25, 0.3) is 21.7 Å². The maximum absolute atomic E-state index is 11.9. The molecule has 0 aliphatic carbocycles. The molecule has 3 rings (SSSR count). The van der Waals surface area contributed by atoms with Gasteiger partial charge in [0.15, 0.2) is 0 Å². The number of carboxylic acid groups (broad SMARTS) is 1. The molecule has 3 aromatic rings.